The first-order valence-corrected chi connectivity index (χ1v) is 6.64. The number of hydrogen-bond donors (Lipinski definition) is 0. The third-order valence-electron chi connectivity index (χ3n) is 2.62. The molecule has 0 N–H and O–H groups in total. The Hall–Kier alpha value is -1.69. The first-order valence-electron chi connectivity index (χ1n) is 5.56. The number of hydrogen-bond acceptors (Lipinski definition) is 2. The minimum absolute atomic E-state index is 0.828. The summed E-state index contributed by atoms with van der Waals surface area (Å²) in [6.07, 6.45) is 3.70. The summed E-state index contributed by atoms with van der Waals surface area (Å²) in [6.45, 7) is 0. The fourth-order valence-corrected chi connectivity index (χ4v) is 2.42. The van der Waals surface area contributed by atoms with Gasteiger partial charge in [-0.1, -0.05) is 24.3 Å². The Kier molecular flexibility index (Phi) is 3.10. The van der Waals surface area contributed by atoms with Crippen LogP contribution in [0, 0.1) is 3.57 Å². The number of benzene rings is 1. The topological polar surface area (TPSA) is 30.7 Å². The van der Waals surface area contributed by atoms with Gasteiger partial charge in [-0.3, -0.25) is 0 Å². The second-order valence-electron chi connectivity index (χ2n) is 3.81. The molecule has 0 aliphatic carbocycles. The minimum atomic E-state index is 0.828. The first-order chi connectivity index (χ1) is 8.84. The predicted octanol–water partition coefficient (Wildman–Crippen LogP) is 3.54. The van der Waals surface area contributed by atoms with Crippen LogP contribution in [0.25, 0.3) is 17.1 Å². The first kappa shape index (κ1) is 11.4. The van der Waals surface area contributed by atoms with Gasteiger partial charge in [0.15, 0.2) is 5.82 Å². The van der Waals surface area contributed by atoms with Crippen LogP contribution in [-0.4, -0.2) is 14.8 Å². The third-order valence-corrected chi connectivity index (χ3v) is 3.56. The lowest BCUT2D eigenvalue weighted by atomic mass is 10.2. The van der Waals surface area contributed by atoms with E-state index in [0.717, 1.165) is 17.1 Å². The number of aromatic nitrogens is 3. The minimum Gasteiger partial charge on any atom is -0.237 e. The molecule has 0 spiro atoms. The molecule has 0 fully saturated rings. The van der Waals surface area contributed by atoms with Crippen molar-refractivity contribution >= 4 is 22.6 Å². The lowest BCUT2D eigenvalue weighted by Gasteiger charge is -2.01. The zero-order chi connectivity index (χ0) is 12.4. The summed E-state index contributed by atoms with van der Waals surface area (Å²) in [5.74, 6) is 0.828. The van der Waals surface area contributed by atoms with E-state index in [2.05, 4.69) is 44.8 Å². The maximum Gasteiger partial charge on any atom is 0.153 e. The Balaban J connectivity index is 2.03. The average Bonchev–Trinajstić information content (AvgIpc) is 2.90. The van der Waals surface area contributed by atoms with Crippen LogP contribution < -0.4 is 0 Å². The van der Waals surface area contributed by atoms with Gasteiger partial charge in [0.1, 0.15) is 0 Å². The molecular formula is C14H10IN3. The zero-order valence-electron chi connectivity index (χ0n) is 9.49. The molecule has 0 amide bonds. The van der Waals surface area contributed by atoms with Crippen molar-refractivity contribution in [3.63, 3.8) is 0 Å². The van der Waals surface area contributed by atoms with Gasteiger partial charge >= 0.3 is 0 Å². The van der Waals surface area contributed by atoms with Crippen LogP contribution in [0.1, 0.15) is 0 Å². The molecule has 0 radical (unpaired) electrons. The SMILES string of the molecule is Ic1ccccc1-c1ccn(-c2ccccn2)n1. The normalized spacial score (nSPS) is 10.5. The van der Waals surface area contributed by atoms with Gasteiger partial charge in [-0.25, -0.2) is 9.67 Å². The van der Waals surface area contributed by atoms with Crippen LogP contribution >= 0.6 is 22.6 Å². The molecule has 0 unspecified atom stereocenters. The maximum absolute atomic E-state index is 4.56. The molecule has 0 saturated heterocycles. The van der Waals surface area contributed by atoms with Crippen molar-refractivity contribution in [2.75, 3.05) is 0 Å². The van der Waals surface area contributed by atoms with E-state index in [0.29, 0.717) is 0 Å². The van der Waals surface area contributed by atoms with E-state index in [1.807, 2.05) is 42.6 Å². The Morgan fingerprint density at radius 3 is 2.56 bits per heavy atom. The largest absolute Gasteiger partial charge is 0.237 e. The van der Waals surface area contributed by atoms with Crippen LogP contribution in [0.15, 0.2) is 60.9 Å². The Bertz CT molecular complexity index is 662. The van der Waals surface area contributed by atoms with Gasteiger partial charge in [0.25, 0.3) is 0 Å². The van der Waals surface area contributed by atoms with E-state index in [4.69, 9.17) is 0 Å². The third kappa shape index (κ3) is 2.15. The molecule has 0 atom stereocenters. The van der Waals surface area contributed by atoms with Crippen LogP contribution in [-0.2, 0) is 0 Å². The fourth-order valence-electron chi connectivity index (χ4n) is 1.75. The van der Waals surface area contributed by atoms with E-state index in [-0.39, 0.29) is 0 Å². The average molecular weight is 347 g/mol. The van der Waals surface area contributed by atoms with E-state index in [1.165, 1.54) is 3.57 Å². The molecule has 2 heterocycles. The number of nitrogens with zero attached hydrogens (tertiary/aromatic N) is 3. The molecule has 3 rings (SSSR count). The van der Waals surface area contributed by atoms with Crippen LogP contribution in [0.5, 0.6) is 0 Å². The quantitative estimate of drug-likeness (QED) is 0.664. The van der Waals surface area contributed by atoms with E-state index in [1.54, 1.807) is 10.9 Å². The maximum atomic E-state index is 4.56. The van der Waals surface area contributed by atoms with Crippen molar-refractivity contribution in [1.82, 2.24) is 14.8 Å². The molecule has 2 aromatic heterocycles. The van der Waals surface area contributed by atoms with Crippen LogP contribution in [0.3, 0.4) is 0 Å². The Labute approximate surface area is 119 Å². The highest BCUT2D eigenvalue weighted by Crippen LogP contribution is 2.23. The highest BCUT2D eigenvalue weighted by molar-refractivity contribution is 14.1. The van der Waals surface area contributed by atoms with Crippen molar-refractivity contribution < 1.29 is 0 Å². The van der Waals surface area contributed by atoms with Crippen molar-refractivity contribution in [3.05, 3.63) is 64.5 Å². The lowest BCUT2D eigenvalue weighted by molar-refractivity contribution is 0.850. The fraction of sp³-hybridized carbons (Fsp3) is 0. The Morgan fingerprint density at radius 1 is 0.944 bits per heavy atom. The van der Waals surface area contributed by atoms with Crippen molar-refractivity contribution in [3.8, 4) is 17.1 Å². The molecule has 3 aromatic rings. The molecule has 88 valence electrons. The monoisotopic (exact) mass is 347 g/mol. The standard InChI is InChI=1S/C14H10IN3/c15-12-6-2-1-5-11(12)13-8-10-18(17-13)14-7-3-4-9-16-14/h1-10H. The second-order valence-corrected chi connectivity index (χ2v) is 4.98. The summed E-state index contributed by atoms with van der Waals surface area (Å²) >= 11 is 2.32. The zero-order valence-corrected chi connectivity index (χ0v) is 11.7. The number of rotatable bonds is 2. The molecule has 0 aliphatic rings. The van der Waals surface area contributed by atoms with Gasteiger partial charge in [0.05, 0.1) is 5.69 Å². The highest BCUT2D eigenvalue weighted by atomic mass is 127. The van der Waals surface area contributed by atoms with Crippen molar-refractivity contribution in [2.45, 2.75) is 0 Å². The molecule has 0 bridgehead atoms. The Morgan fingerprint density at radius 2 is 1.78 bits per heavy atom. The molecular weight excluding hydrogens is 337 g/mol. The number of halogens is 1. The molecule has 4 heteroatoms. The molecule has 3 nitrogen and oxygen atoms in total. The van der Waals surface area contributed by atoms with Gasteiger partial charge in [0.2, 0.25) is 0 Å². The molecule has 0 saturated carbocycles. The molecule has 18 heavy (non-hydrogen) atoms. The van der Waals surface area contributed by atoms with E-state index in [9.17, 15) is 0 Å². The summed E-state index contributed by atoms with van der Waals surface area (Å²) in [7, 11) is 0. The predicted molar refractivity (Wildman–Crippen MR) is 79.5 cm³/mol. The number of pyridine rings is 1. The van der Waals surface area contributed by atoms with Crippen LogP contribution in [0.2, 0.25) is 0 Å². The van der Waals surface area contributed by atoms with Crippen molar-refractivity contribution in [1.29, 1.82) is 0 Å². The van der Waals surface area contributed by atoms with Gasteiger partial charge in [-0.15, -0.1) is 0 Å². The summed E-state index contributed by atoms with van der Waals surface area (Å²) < 4.78 is 2.99. The molecule has 1 aromatic carbocycles. The van der Waals surface area contributed by atoms with Gasteiger partial charge in [-0.05, 0) is 46.9 Å². The van der Waals surface area contributed by atoms with E-state index >= 15 is 0 Å². The van der Waals surface area contributed by atoms with Gasteiger partial charge in [0, 0.05) is 21.5 Å². The van der Waals surface area contributed by atoms with Crippen LogP contribution in [0.4, 0.5) is 0 Å². The highest BCUT2D eigenvalue weighted by Gasteiger charge is 2.06. The summed E-state index contributed by atoms with van der Waals surface area (Å²) in [5.41, 5.74) is 2.11. The summed E-state index contributed by atoms with van der Waals surface area (Å²) in [6, 6.07) is 16.0. The lowest BCUT2D eigenvalue weighted by Crippen LogP contribution is -1.97. The van der Waals surface area contributed by atoms with Crippen molar-refractivity contribution in [2.24, 2.45) is 0 Å². The van der Waals surface area contributed by atoms with Gasteiger partial charge in [-0.2, -0.15) is 5.10 Å². The van der Waals surface area contributed by atoms with Gasteiger partial charge < -0.3 is 0 Å². The summed E-state index contributed by atoms with van der Waals surface area (Å²) in [4.78, 5) is 4.28. The smallest absolute Gasteiger partial charge is 0.153 e. The molecule has 0 aliphatic heterocycles. The second kappa shape index (κ2) is 4.89. The summed E-state index contributed by atoms with van der Waals surface area (Å²) in [5, 5.41) is 4.56. The van der Waals surface area contributed by atoms with E-state index < -0.39 is 0 Å².